The van der Waals surface area contributed by atoms with Crippen molar-refractivity contribution in [2.45, 2.75) is 19.4 Å². The summed E-state index contributed by atoms with van der Waals surface area (Å²) in [6.07, 6.45) is 0. The highest BCUT2D eigenvalue weighted by molar-refractivity contribution is 5.79. The number of nitro groups is 1. The zero-order valence-electron chi connectivity index (χ0n) is 14.6. The molecule has 134 valence electrons. The average molecular weight is 353 g/mol. The van der Waals surface area contributed by atoms with Crippen LogP contribution in [-0.2, 0) is 10.3 Å². The topological polar surface area (TPSA) is 98.1 Å². The van der Waals surface area contributed by atoms with Gasteiger partial charge in [-0.3, -0.25) is 14.9 Å². The van der Waals surface area contributed by atoms with Crippen molar-refractivity contribution in [2.24, 2.45) is 0 Å². The van der Waals surface area contributed by atoms with Crippen molar-refractivity contribution in [1.29, 1.82) is 0 Å². The van der Waals surface area contributed by atoms with Crippen molar-refractivity contribution in [3.8, 4) is 11.4 Å². The highest BCUT2D eigenvalue weighted by Crippen LogP contribution is 2.26. The summed E-state index contributed by atoms with van der Waals surface area (Å²) in [6.45, 7) is 3.53. The molecule has 26 heavy (non-hydrogen) atoms. The van der Waals surface area contributed by atoms with Crippen LogP contribution in [-0.4, -0.2) is 28.0 Å². The molecule has 1 N–H and O–H groups in total. The number of para-hydroxylation sites is 1. The fraction of sp³-hybridized carbons (Fsp3) is 0.263. The van der Waals surface area contributed by atoms with Gasteiger partial charge in [0.1, 0.15) is 12.4 Å². The van der Waals surface area contributed by atoms with Crippen LogP contribution in [0.3, 0.4) is 0 Å². The Bertz CT molecular complexity index is 994. The van der Waals surface area contributed by atoms with Gasteiger partial charge in [-0.05, 0) is 31.5 Å². The predicted molar refractivity (Wildman–Crippen MR) is 98.6 cm³/mol. The first-order valence-corrected chi connectivity index (χ1v) is 8.22. The van der Waals surface area contributed by atoms with Gasteiger partial charge in [0.2, 0.25) is 6.54 Å². The molecule has 0 radical (unpaired) electrons. The summed E-state index contributed by atoms with van der Waals surface area (Å²) < 4.78 is 5.63. The van der Waals surface area contributed by atoms with Crippen LogP contribution >= 0.6 is 0 Å². The third kappa shape index (κ3) is 3.78. The molecule has 0 aliphatic heterocycles. The Morgan fingerprint density at radius 3 is 2.54 bits per heavy atom. The average Bonchev–Trinajstić information content (AvgIpc) is 2.61. The molecular weight excluding hydrogens is 334 g/mol. The molecule has 0 unspecified atom stereocenters. The maximum absolute atomic E-state index is 12.2. The standard InChI is InChI=1S/C19H19N3O4/c1-19(2,26-12-11-22(24)25)14-9-7-13(8-10-14)17-20-16-6-4-3-5-15(16)18(23)21-17/h3-10H,11-12H2,1-2H3,(H,20,21,23). The zero-order chi connectivity index (χ0) is 18.7. The lowest BCUT2D eigenvalue weighted by atomic mass is 9.96. The van der Waals surface area contributed by atoms with Gasteiger partial charge in [0, 0.05) is 10.5 Å². The number of nitrogens with zero attached hydrogens (tertiary/aromatic N) is 2. The van der Waals surface area contributed by atoms with E-state index in [0.29, 0.717) is 16.7 Å². The van der Waals surface area contributed by atoms with E-state index in [2.05, 4.69) is 9.97 Å². The molecule has 0 saturated carbocycles. The van der Waals surface area contributed by atoms with E-state index in [1.54, 1.807) is 18.2 Å². The summed E-state index contributed by atoms with van der Waals surface area (Å²) >= 11 is 0. The van der Waals surface area contributed by atoms with Crippen LogP contribution in [0.25, 0.3) is 22.3 Å². The maximum Gasteiger partial charge on any atom is 0.259 e. The number of aromatic nitrogens is 2. The van der Waals surface area contributed by atoms with E-state index in [4.69, 9.17) is 4.74 Å². The summed E-state index contributed by atoms with van der Waals surface area (Å²) in [4.78, 5) is 29.5. The SMILES string of the molecule is CC(C)(OCC[N+](=O)[O-])c1ccc(-c2nc3ccccc3c(=O)[nH]2)cc1. The Hall–Kier alpha value is -3.06. The molecule has 1 aromatic heterocycles. The van der Waals surface area contributed by atoms with Crippen molar-refractivity contribution in [3.63, 3.8) is 0 Å². The van der Waals surface area contributed by atoms with Gasteiger partial charge in [0.05, 0.1) is 16.5 Å². The lowest BCUT2D eigenvalue weighted by Crippen LogP contribution is -2.24. The first-order chi connectivity index (χ1) is 12.4. The monoisotopic (exact) mass is 353 g/mol. The Morgan fingerprint density at radius 1 is 1.15 bits per heavy atom. The second kappa shape index (κ2) is 7.05. The second-order valence-corrected chi connectivity index (χ2v) is 6.42. The van der Waals surface area contributed by atoms with Crippen molar-refractivity contribution in [2.75, 3.05) is 13.2 Å². The van der Waals surface area contributed by atoms with E-state index in [-0.39, 0.29) is 18.7 Å². The first kappa shape index (κ1) is 17.8. The number of ether oxygens (including phenoxy) is 1. The quantitative estimate of drug-likeness (QED) is 0.542. The normalized spacial score (nSPS) is 11.6. The van der Waals surface area contributed by atoms with Crippen molar-refractivity contribution in [1.82, 2.24) is 9.97 Å². The third-order valence-corrected chi connectivity index (χ3v) is 4.20. The summed E-state index contributed by atoms with van der Waals surface area (Å²) in [5.41, 5.74) is 1.46. The van der Waals surface area contributed by atoms with E-state index in [1.807, 2.05) is 44.2 Å². The van der Waals surface area contributed by atoms with E-state index >= 15 is 0 Å². The van der Waals surface area contributed by atoms with Crippen molar-refractivity contribution < 1.29 is 9.66 Å². The number of hydrogen-bond acceptors (Lipinski definition) is 5. The molecule has 0 atom stereocenters. The Morgan fingerprint density at radius 2 is 1.85 bits per heavy atom. The van der Waals surface area contributed by atoms with Gasteiger partial charge in [0.25, 0.3) is 5.56 Å². The van der Waals surface area contributed by atoms with Gasteiger partial charge < -0.3 is 9.72 Å². The molecule has 0 aliphatic rings. The molecule has 3 rings (SSSR count). The van der Waals surface area contributed by atoms with Crippen LogP contribution in [0.1, 0.15) is 19.4 Å². The number of hydrogen-bond donors (Lipinski definition) is 1. The number of fused-ring (bicyclic) bond motifs is 1. The van der Waals surface area contributed by atoms with Crippen LogP contribution < -0.4 is 5.56 Å². The lowest BCUT2D eigenvalue weighted by Gasteiger charge is -2.25. The molecule has 0 fully saturated rings. The highest BCUT2D eigenvalue weighted by atomic mass is 16.6. The predicted octanol–water partition coefficient (Wildman–Crippen LogP) is 3.12. The number of rotatable bonds is 6. The zero-order valence-corrected chi connectivity index (χ0v) is 14.6. The van der Waals surface area contributed by atoms with Crippen molar-refractivity contribution in [3.05, 3.63) is 74.6 Å². The van der Waals surface area contributed by atoms with E-state index in [1.165, 1.54) is 0 Å². The van der Waals surface area contributed by atoms with Gasteiger partial charge in [-0.2, -0.15) is 0 Å². The lowest BCUT2D eigenvalue weighted by molar-refractivity contribution is -0.485. The second-order valence-electron chi connectivity index (χ2n) is 6.42. The van der Waals surface area contributed by atoms with Gasteiger partial charge in [-0.1, -0.05) is 36.4 Å². The van der Waals surface area contributed by atoms with Crippen molar-refractivity contribution >= 4 is 10.9 Å². The fourth-order valence-corrected chi connectivity index (χ4v) is 2.71. The maximum atomic E-state index is 12.2. The molecule has 3 aromatic rings. The van der Waals surface area contributed by atoms with Crippen LogP contribution in [0.15, 0.2) is 53.3 Å². The van der Waals surface area contributed by atoms with Crippen LogP contribution in [0.4, 0.5) is 0 Å². The van der Waals surface area contributed by atoms with Crippen LogP contribution in [0.2, 0.25) is 0 Å². The highest BCUT2D eigenvalue weighted by Gasteiger charge is 2.22. The third-order valence-electron chi connectivity index (χ3n) is 4.20. The molecule has 2 aromatic carbocycles. The summed E-state index contributed by atoms with van der Waals surface area (Å²) in [5, 5.41) is 11.0. The minimum Gasteiger partial charge on any atom is -0.364 e. The van der Waals surface area contributed by atoms with Gasteiger partial charge >= 0.3 is 0 Å². The van der Waals surface area contributed by atoms with Crippen LogP contribution in [0.5, 0.6) is 0 Å². The first-order valence-electron chi connectivity index (χ1n) is 8.22. The van der Waals surface area contributed by atoms with Gasteiger partial charge in [-0.15, -0.1) is 0 Å². The molecule has 0 aliphatic carbocycles. The molecule has 1 heterocycles. The number of aromatic amines is 1. The van der Waals surface area contributed by atoms with Gasteiger partial charge in [-0.25, -0.2) is 4.98 Å². The number of nitrogens with one attached hydrogen (secondary N) is 1. The minimum atomic E-state index is -0.654. The molecule has 7 heteroatoms. The Kier molecular flexibility index (Phi) is 4.81. The summed E-state index contributed by atoms with van der Waals surface area (Å²) in [6, 6.07) is 14.6. The molecular formula is C19H19N3O4. The minimum absolute atomic E-state index is 0.0430. The smallest absolute Gasteiger partial charge is 0.259 e. The molecule has 0 bridgehead atoms. The largest absolute Gasteiger partial charge is 0.364 e. The van der Waals surface area contributed by atoms with E-state index in [9.17, 15) is 14.9 Å². The fourth-order valence-electron chi connectivity index (χ4n) is 2.71. The molecule has 7 nitrogen and oxygen atoms in total. The van der Waals surface area contributed by atoms with E-state index in [0.717, 1.165) is 11.1 Å². The molecule has 0 saturated heterocycles. The molecule has 0 spiro atoms. The number of H-pyrrole nitrogens is 1. The van der Waals surface area contributed by atoms with E-state index < -0.39 is 10.5 Å². The molecule has 0 amide bonds. The Balaban J connectivity index is 1.85. The summed E-state index contributed by atoms with van der Waals surface area (Å²) in [7, 11) is 0. The van der Waals surface area contributed by atoms with Crippen LogP contribution in [0, 0.1) is 10.1 Å². The number of benzene rings is 2. The summed E-state index contributed by atoms with van der Waals surface area (Å²) in [5.74, 6) is 0.493. The Labute approximate surface area is 149 Å². The van der Waals surface area contributed by atoms with Gasteiger partial charge in [0.15, 0.2) is 0 Å².